The summed E-state index contributed by atoms with van der Waals surface area (Å²) in [6.07, 6.45) is 4.57. The average molecular weight is 294 g/mol. The number of nitrogens with zero attached hydrogens (tertiary/aromatic N) is 1. The van der Waals surface area contributed by atoms with E-state index >= 15 is 0 Å². The predicted molar refractivity (Wildman–Crippen MR) is 72.9 cm³/mol. The van der Waals surface area contributed by atoms with Crippen LogP contribution in [0.4, 0.5) is 0 Å². The normalized spacial score (nSPS) is 12.6. The second-order valence-corrected chi connectivity index (χ2v) is 4.73. The maximum absolute atomic E-state index is 4.33. The molecule has 1 aromatic carbocycles. The van der Waals surface area contributed by atoms with Crippen LogP contribution >= 0.6 is 15.9 Å². The van der Waals surface area contributed by atoms with E-state index in [9.17, 15) is 0 Å². The van der Waals surface area contributed by atoms with Crippen LogP contribution in [0.5, 0.6) is 0 Å². The summed E-state index contributed by atoms with van der Waals surface area (Å²) in [7, 11) is 0. The number of likely N-dealkylation sites (N-methyl/N-ethyl adjacent to an activating group) is 1. The van der Waals surface area contributed by atoms with Crippen molar-refractivity contribution in [2.45, 2.75) is 19.4 Å². The van der Waals surface area contributed by atoms with Gasteiger partial charge in [-0.1, -0.05) is 41.1 Å². The SMILES string of the molecule is CCNC(Cc1ccccc1Br)c1ncc[nH]1. The van der Waals surface area contributed by atoms with Crippen LogP contribution in [-0.4, -0.2) is 16.5 Å². The van der Waals surface area contributed by atoms with Crippen molar-refractivity contribution in [3.05, 3.63) is 52.5 Å². The minimum atomic E-state index is 0.230. The third kappa shape index (κ3) is 3.17. The fourth-order valence-corrected chi connectivity index (χ4v) is 2.31. The molecule has 2 aromatic rings. The maximum Gasteiger partial charge on any atom is 0.123 e. The number of hydrogen-bond donors (Lipinski definition) is 2. The lowest BCUT2D eigenvalue weighted by molar-refractivity contribution is 0.525. The number of halogens is 1. The van der Waals surface area contributed by atoms with Gasteiger partial charge in [0.1, 0.15) is 5.82 Å². The molecule has 17 heavy (non-hydrogen) atoms. The van der Waals surface area contributed by atoms with E-state index in [0.717, 1.165) is 23.3 Å². The molecule has 1 heterocycles. The molecule has 0 amide bonds. The zero-order chi connectivity index (χ0) is 12.1. The maximum atomic E-state index is 4.33. The summed E-state index contributed by atoms with van der Waals surface area (Å²) >= 11 is 3.58. The summed E-state index contributed by atoms with van der Waals surface area (Å²) in [6, 6.07) is 8.53. The van der Waals surface area contributed by atoms with E-state index in [4.69, 9.17) is 0 Å². The molecule has 0 aliphatic heterocycles. The van der Waals surface area contributed by atoms with Crippen LogP contribution in [0.15, 0.2) is 41.1 Å². The van der Waals surface area contributed by atoms with Crippen LogP contribution in [-0.2, 0) is 6.42 Å². The van der Waals surface area contributed by atoms with Gasteiger partial charge in [-0.2, -0.15) is 0 Å². The van der Waals surface area contributed by atoms with E-state index in [1.807, 2.05) is 12.3 Å². The lowest BCUT2D eigenvalue weighted by Crippen LogP contribution is -2.24. The second-order valence-electron chi connectivity index (χ2n) is 3.88. The van der Waals surface area contributed by atoms with Crippen molar-refractivity contribution in [2.24, 2.45) is 0 Å². The van der Waals surface area contributed by atoms with Crippen LogP contribution < -0.4 is 5.32 Å². The lowest BCUT2D eigenvalue weighted by atomic mass is 10.1. The number of benzene rings is 1. The number of hydrogen-bond acceptors (Lipinski definition) is 2. The van der Waals surface area contributed by atoms with Gasteiger partial charge < -0.3 is 10.3 Å². The zero-order valence-electron chi connectivity index (χ0n) is 9.78. The minimum Gasteiger partial charge on any atom is -0.347 e. The monoisotopic (exact) mass is 293 g/mol. The summed E-state index contributed by atoms with van der Waals surface area (Å²) in [5.74, 6) is 0.989. The molecule has 2 rings (SSSR count). The van der Waals surface area contributed by atoms with Crippen molar-refractivity contribution in [2.75, 3.05) is 6.54 Å². The molecule has 90 valence electrons. The summed E-state index contributed by atoms with van der Waals surface area (Å²) in [6.45, 7) is 3.03. The molecule has 0 spiro atoms. The van der Waals surface area contributed by atoms with Gasteiger partial charge in [0.25, 0.3) is 0 Å². The Morgan fingerprint density at radius 1 is 1.41 bits per heavy atom. The summed E-state index contributed by atoms with van der Waals surface area (Å²) in [5, 5.41) is 3.45. The fraction of sp³-hybridized carbons (Fsp3) is 0.308. The Balaban J connectivity index is 2.16. The number of nitrogens with one attached hydrogen (secondary N) is 2. The van der Waals surface area contributed by atoms with Crippen molar-refractivity contribution in [3.8, 4) is 0 Å². The van der Waals surface area contributed by atoms with E-state index in [2.05, 4.69) is 56.3 Å². The van der Waals surface area contributed by atoms with E-state index in [1.54, 1.807) is 6.20 Å². The topological polar surface area (TPSA) is 40.7 Å². The first-order valence-electron chi connectivity index (χ1n) is 5.77. The number of aromatic nitrogens is 2. The molecule has 2 N–H and O–H groups in total. The van der Waals surface area contributed by atoms with Gasteiger partial charge in [0.15, 0.2) is 0 Å². The minimum absolute atomic E-state index is 0.230. The Bertz CT molecular complexity index is 453. The van der Waals surface area contributed by atoms with Gasteiger partial charge in [-0.25, -0.2) is 4.98 Å². The number of rotatable bonds is 5. The molecule has 1 atom stereocenters. The van der Waals surface area contributed by atoms with Crippen molar-refractivity contribution in [1.29, 1.82) is 0 Å². The van der Waals surface area contributed by atoms with Gasteiger partial charge in [0.2, 0.25) is 0 Å². The molecule has 0 fully saturated rings. The van der Waals surface area contributed by atoms with Crippen LogP contribution in [0.2, 0.25) is 0 Å². The molecule has 1 unspecified atom stereocenters. The van der Waals surface area contributed by atoms with E-state index < -0.39 is 0 Å². The number of imidazole rings is 1. The summed E-state index contributed by atoms with van der Waals surface area (Å²) < 4.78 is 1.15. The smallest absolute Gasteiger partial charge is 0.123 e. The fourth-order valence-electron chi connectivity index (χ4n) is 1.86. The molecule has 0 radical (unpaired) electrons. The zero-order valence-corrected chi connectivity index (χ0v) is 11.4. The molecule has 1 aromatic heterocycles. The molecule has 0 saturated carbocycles. The average Bonchev–Trinajstić information content (AvgIpc) is 2.85. The van der Waals surface area contributed by atoms with Gasteiger partial charge in [-0.15, -0.1) is 0 Å². The first kappa shape index (κ1) is 12.3. The first-order chi connectivity index (χ1) is 8.31. The Morgan fingerprint density at radius 3 is 2.88 bits per heavy atom. The van der Waals surface area contributed by atoms with E-state index in [1.165, 1.54) is 5.56 Å². The highest BCUT2D eigenvalue weighted by Crippen LogP contribution is 2.22. The van der Waals surface area contributed by atoms with Gasteiger partial charge in [-0.3, -0.25) is 0 Å². The van der Waals surface area contributed by atoms with Crippen molar-refractivity contribution in [1.82, 2.24) is 15.3 Å². The molecular formula is C13H16BrN3. The number of aromatic amines is 1. The van der Waals surface area contributed by atoms with Gasteiger partial charge in [0.05, 0.1) is 6.04 Å². The third-order valence-electron chi connectivity index (χ3n) is 2.68. The van der Waals surface area contributed by atoms with Crippen LogP contribution in [0.3, 0.4) is 0 Å². The Morgan fingerprint density at radius 2 is 2.24 bits per heavy atom. The van der Waals surface area contributed by atoms with Crippen molar-refractivity contribution < 1.29 is 0 Å². The summed E-state index contributed by atoms with van der Waals surface area (Å²) in [5.41, 5.74) is 1.29. The van der Waals surface area contributed by atoms with E-state index in [-0.39, 0.29) is 6.04 Å². The Labute approximate surface area is 110 Å². The van der Waals surface area contributed by atoms with Crippen LogP contribution in [0.25, 0.3) is 0 Å². The summed E-state index contributed by atoms with van der Waals surface area (Å²) in [4.78, 5) is 7.50. The molecule has 4 heteroatoms. The van der Waals surface area contributed by atoms with Crippen LogP contribution in [0, 0.1) is 0 Å². The molecule has 0 aliphatic carbocycles. The Hall–Kier alpha value is -1.13. The highest BCUT2D eigenvalue weighted by atomic mass is 79.9. The Kier molecular flexibility index (Phi) is 4.34. The second kappa shape index (κ2) is 5.98. The van der Waals surface area contributed by atoms with E-state index in [0.29, 0.717) is 0 Å². The highest BCUT2D eigenvalue weighted by Gasteiger charge is 2.14. The highest BCUT2D eigenvalue weighted by molar-refractivity contribution is 9.10. The molecule has 0 aliphatic rings. The largest absolute Gasteiger partial charge is 0.347 e. The quantitative estimate of drug-likeness (QED) is 0.889. The number of H-pyrrole nitrogens is 1. The van der Waals surface area contributed by atoms with Gasteiger partial charge in [0, 0.05) is 16.9 Å². The predicted octanol–water partition coefficient (Wildman–Crippen LogP) is 3.07. The van der Waals surface area contributed by atoms with Crippen molar-refractivity contribution >= 4 is 15.9 Å². The standard InChI is InChI=1S/C13H16BrN3/c1-2-15-12(13-16-7-8-17-13)9-10-5-3-4-6-11(10)14/h3-8,12,15H,2,9H2,1H3,(H,16,17). The van der Waals surface area contributed by atoms with Gasteiger partial charge in [-0.05, 0) is 24.6 Å². The lowest BCUT2D eigenvalue weighted by Gasteiger charge is -2.16. The van der Waals surface area contributed by atoms with Crippen LogP contribution in [0.1, 0.15) is 24.4 Å². The third-order valence-corrected chi connectivity index (χ3v) is 3.46. The van der Waals surface area contributed by atoms with Crippen molar-refractivity contribution in [3.63, 3.8) is 0 Å². The molecular weight excluding hydrogens is 278 g/mol. The molecule has 0 bridgehead atoms. The molecule has 3 nitrogen and oxygen atoms in total. The van der Waals surface area contributed by atoms with Gasteiger partial charge >= 0.3 is 0 Å². The molecule has 0 saturated heterocycles. The first-order valence-corrected chi connectivity index (χ1v) is 6.56.